The Morgan fingerprint density at radius 1 is 1.03 bits per heavy atom. The van der Waals surface area contributed by atoms with Gasteiger partial charge in [-0.2, -0.15) is 9.57 Å². The van der Waals surface area contributed by atoms with E-state index in [0.29, 0.717) is 18.8 Å². The van der Waals surface area contributed by atoms with E-state index in [9.17, 15) is 18.5 Å². The zero-order valence-corrected chi connectivity index (χ0v) is 17.8. The average Bonchev–Trinajstić information content (AvgIpc) is 2.74. The second kappa shape index (κ2) is 9.11. The number of carbonyl (C=O) groups is 1. The fraction of sp³-hybridized carbons (Fsp3) is 0.273. The minimum Gasteiger partial charge on any atom is -0.373 e. The van der Waals surface area contributed by atoms with Crippen molar-refractivity contribution in [1.29, 1.82) is 5.26 Å². The number of nitrogens with one attached hydrogen (secondary N) is 1. The summed E-state index contributed by atoms with van der Waals surface area (Å²) in [5.41, 5.74) is 2.53. The van der Waals surface area contributed by atoms with Gasteiger partial charge in [-0.1, -0.05) is 35.9 Å². The van der Waals surface area contributed by atoms with Gasteiger partial charge >= 0.3 is 0 Å². The maximum Gasteiger partial charge on any atom is 0.267 e. The molecule has 0 spiro atoms. The van der Waals surface area contributed by atoms with Crippen LogP contribution >= 0.6 is 0 Å². The van der Waals surface area contributed by atoms with Crippen molar-refractivity contribution >= 4 is 21.6 Å². The highest BCUT2D eigenvalue weighted by Crippen LogP contribution is 2.19. The fourth-order valence-electron chi connectivity index (χ4n) is 3.16. The molecule has 0 bridgehead atoms. The van der Waals surface area contributed by atoms with Crippen molar-refractivity contribution in [3.8, 4) is 6.07 Å². The molecule has 3 rings (SSSR count). The third kappa shape index (κ3) is 4.87. The Morgan fingerprint density at radius 3 is 2.27 bits per heavy atom. The lowest BCUT2D eigenvalue weighted by molar-refractivity contribution is -0.112. The van der Waals surface area contributed by atoms with Gasteiger partial charge in [0.1, 0.15) is 11.6 Å². The van der Waals surface area contributed by atoms with E-state index in [1.54, 1.807) is 35.2 Å². The van der Waals surface area contributed by atoms with Crippen LogP contribution < -0.4 is 5.32 Å². The largest absolute Gasteiger partial charge is 0.373 e. The molecule has 0 unspecified atom stereocenters. The maximum atomic E-state index is 12.8. The number of anilines is 1. The predicted molar refractivity (Wildman–Crippen MR) is 115 cm³/mol. The number of rotatable bonds is 5. The van der Waals surface area contributed by atoms with Crippen molar-refractivity contribution in [3.05, 3.63) is 71.4 Å². The number of piperazine rings is 1. The molecule has 1 saturated heterocycles. The summed E-state index contributed by atoms with van der Waals surface area (Å²) in [7, 11) is -3.56. The molecule has 1 aliphatic heterocycles. The molecule has 7 nitrogen and oxygen atoms in total. The lowest BCUT2D eigenvalue weighted by Gasteiger charge is -2.33. The first kappa shape index (κ1) is 21.6. The summed E-state index contributed by atoms with van der Waals surface area (Å²) in [6.07, 6.45) is 1.50. The summed E-state index contributed by atoms with van der Waals surface area (Å²) < 4.78 is 27.0. The molecule has 1 amide bonds. The maximum absolute atomic E-state index is 12.8. The third-order valence-corrected chi connectivity index (χ3v) is 6.91. The molecular formula is C22H24N4O3S. The van der Waals surface area contributed by atoms with E-state index in [1.165, 1.54) is 10.5 Å². The topological polar surface area (TPSA) is 93.5 Å². The van der Waals surface area contributed by atoms with Gasteiger partial charge < -0.3 is 10.2 Å². The molecule has 0 saturated carbocycles. The minimum absolute atomic E-state index is 0.0203. The third-order valence-electron chi connectivity index (χ3n) is 5.00. The van der Waals surface area contributed by atoms with Crippen LogP contribution in [0.3, 0.4) is 0 Å². The molecule has 1 N–H and O–H groups in total. The number of hydrogen-bond acceptors (Lipinski definition) is 5. The molecule has 1 heterocycles. The first-order valence-corrected chi connectivity index (χ1v) is 11.0. The molecule has 1 aliphatic rings. The molecule has 2 aromatic rings. The average molecular weight is 425 g/mol. The van der Waals surface area contributed by atoms with Gasteiger partial charge in [-0.25, -0.2) is 8.42 Å². The zero-order chi connectivity index (χ0) is 21.7. The quantitative estimate of drug-likeness (QED) is 0.588. The lowest BCUT2D eigenvalue weighted by atomic mass is 10.2. The van der Waals surface area contributed by atoms with E-state index in [1.807, 2.05) is 38.1 Å². The van der Waals surface area contributed by atoms with Crippen LogP contribution in [0.2, 0.25) is 0 Å². The first-order chi connectivity index (χ1) is 14.3. The number of amides is 1. The summed E-state index contributed by atoms with van der Waals surface area (Å²) in [6, 6.07) is 16.0. The molecule has 30 heavy (non-hydrogen) atoms. The Kier molecular flexibility index (Phi) is 6.55. The Morgan fingerprint density at radius 2 is 1.67 bits per heavy atom. The monoisotopic (exact) mass is 424 g/mol. The van der Waals surface area contributed by atoms with Crippen molar-refractivity contribution in [2.24, 2.45) is 0 Å². The van der Waals surface area contributed by atoms with Crippen molar-refractivity contribution < 1.29 is 13.2 Å². The zero-order valence-electron chi connectivity index (χ0n) is 17.0. The van der Waals surface area contributed by atoms with Crippen LogP contribution in [0.25, 0.3) is 0 Å². The Labute approximate surface area is 177 Å². The molecule has 8 heteroatoms. The molecule has 0 radical (unpaired) electrons. The van der Waals surface area contributed by atoms with Crippen LogP contribution in [0, 0.1) is 25.2 Å². The summed E-state index contributed by atoms with van der Waals surface area (Å²) in [5.74, 6) is -0.485. The van der Waals surface area contributed by atoms with Gasteiger partial charge in [-0.15, -0.1) is 0 Å². The second-order valence-electron chi connectivity index (χ2n) is 7.18. The summed E-state index contributed by atoms with van der Waals surface area (Å²) in [6.45, 7) is 5.14. The fourth-order valence-corrected chi connectivity index (χ4v) is 4.58. The van der Waals surface area contributed by atoms with Gasteiger partial charge in [-0.3, -0.25) is 4.79 Å². The number of benzene rings is 2. The number of carbonyl (C=O) groups excluding carboxylic acids is 1. The SMILES string of the molecule is Cc1ccc(S(=O)(=O)N2CCN(/C=C(/C#N)C(=O)Nc3ccccc3C)CC2)cc1. The summed E-state index contributed by atoms with van der Waals surface area (Å²) >= 11 is 0. The minimum atomic E-state index is -3.56. The molecule has 0 atom stereocenters. The van der Waals surface area contributed by atoms with Crippen LogP contribution in [0.5, 0.6) is 0 Å². The molecule has 0 aliphatic carbocycles. The van der Waals surface area contributed by atoms with Crippen molar-refractivity contribution in [2.75, 3.05) is 31.5 Å². The van der Waals surface area contributed by atoms with Gasteiger partial charge in [0, 0.05) is 38.1 Å². The molecule has 0 aromatic heterocycles. The Hall–Kier alpha value is -3.15. The van der Waals surface area contributed by atoms with Crippen molar-refractivity contribution in [2.45, 2.75) is 18.7 Å². The van der Waals surface area contributed by atoms with E-state index in [4.69, 9.17) is 0 Å². The van der Waals surface area contributed by atoms with Crippen molar-refractivity contribution in [1.82, 2.24) is 9.21 Å². The van der Waals surface area contributed by atoms with Crippen LogP contribution in [0.1, 0.15) is 11.1 Å². The smallest absolute Gasteiger partial charge is 0.267 e. The van der Waals surface area contributed by atoms with Crippen LogP contribution in [-0.4, -0.2) is 49.7 Å². The Balaban J connectivity index is 1.65. The summed E-state index contributed by atoms with van der Waals surface area (Å²) in [4.78, 5) is 14.5. The number of nitriles is 1. The van der Waals surface area contributed by atoms with Gasteiger partial charge in [0.15, 0.2) is 0 Å². The molecular weight excluding hydrogens is 400 g/mol. The second-order valence-corrected chi connectivity index (χ2v) is 9.11. The van der Waals surface area contributed by atoms with E-state index >= 15 is 0 Å². The number of aryl methyl sites for hydroxylation is 2. The molecule has 156 valence electrons. The van der Waals surface area contributed by atoms with E-state index < -0.39 is 15.9 Å². The molecule has 2 aromatic carbocycles. The van der Waals surface area contributed by atoms with Gasteiger partial charge in [-0.05, 0) is 37.6 Å². The van der Waals surface area contributed by atoms with E-state index in [-0.39, 0.29) is 23.6 Å². The highest BCUT2D eigenvalue weighted by atomic mass is 32.2. The normalized spacial score (nSPS) is 15.5. The standard InChI is InChI=1S/C22H24N4O3S/c1-17-7-9-20(10-8-17)30(28,29)26-13-11-25(12-14-26)16-19(15-23)22(27)24-21-6-4-3-5-18(21)2/h3-10,16H,11-14H2,1-2H3,(H,24,27)/b19-16-. The Bertz CT molecular complexity index is 1090. The number of sulfonamides is 1. The number of para-hydroxylation sites is 1. The van der Waals surface area contributed by atoms with Crippen LogP contribution in [0.4, 0.5) is 5.69 Å². The highest BCUT2D eigenvalue weighted by Gasteiger charge is 2.28. The van der Waals surface area contributed by atoms with Crippen molar-refractivity contribution in [3.63, 3.8) is 0 Å². The van der Waals surface area contributed by atoms with Crippen LogP contribution in [0.15, 0.2) is 65.2 Å². The number of hydrogen-bond donors (Lipinski definition) is 1. The van der Waals surface area contributed by atoms with Gasteiger partial charge in [0.2, 0.25) is 10.0 Å². The van der Waals surface area contributed by atoms with Gasteiger partial charge in [0.25, 0.3) is 5.91 Å². The number of nitrogens with zero attached hydrogens (tertiary/aromatic N) is 3. The van der Waals surface area contributed by atoms with Gasteiger partial charge in [0.05, 0.1) is 4.90 Å². The highest BCUT2D eigenvalue weighted by molar-refractivity contribution is 7.89. The molecule has 1 fully saturated rings. The summed E-state index contributed by atoms with van der Waals surface area (Å²) in [5, 5.41) is 12.2. The lowest BCUT2D eigenvalue weighted by Crippen LogP contribution is -2.46. The predicted octanol–water partition coefficient (Wildman–Crippen LogP) is 2.66. The van der Waals surface area contributed by atoms with E-state index in [0.717, 1.165) is 11.1 Å². The van der Waals surface area contributed by atoms with E-state index in [2.05, 4.69) is 5.32 Å². The first-order valence-electron chi connectivity index (χ1n) is 9.61. The van der Waals surface area contributed by atoms with Crippen LogP contribution in [-0.2, 0) is 14.8 Å².